The highest BCUT2D eigenvalue weighted by molar-refractivity contribution is 6.01. The predicted molar refractivity (Wildman–Crippen MR) is 116 cm³/mol. The monoisotopic (exact) mass is 453 g/mol. The lowest BCUT2D eigenvalue weighted by atomic mass is 9.96. The van der Waals surface area contributed by atoms with E-state index in [9.17, 15) is 9.18 Å². The maximum Gasteiger partial charge on any atom is 0.257 e. The fourth-order valence-corrected chi connectivity index (χ4v) is 4.97. The minimum Gasteiger partial charge on any atom is -0.493 e. The van der Waals surface area contributed by atoms with Crippen molar-refractivity contribution in [3.8, 4) is 11.5 Å². The number of carbonyl (C=O) groups is 1. The third-order valence-corrected chi connectivity index (χ3v) is 6.81. The molecule has 1 atom stereocenters. The number of hydrogen-bond acceptors (Lipinski definition) is 7. The Kier molecular flexibility index (Phi) is 4.83. The van der Waals surface area contributed by atoms with Crippen LogP contribution in [0.5, 0.6) is 11.5 Å². The van der Waals surface area contributed by atoms with E-state index in [2.05, 4.69) is 15.5 Å². The molecule has 0 saturated carbocycles. The average molecular weight is 453 g/mol. The van der Waals surface area contributed by atoms with Gasteiger partial charge in [-0.1, -0.05) is 0 Å². The number of aromatic nitrogens is 3. The van der Waals surface area contributed by atoms with Gasteiger partial charge in [0, 0.05) is 50.0 Å². The molecule has 0 aliphatic carbocycles. The van der Waals surface area contributed by atoms with Gasteiger partial charge in [0.25, 0.3) is 5.91 Å². The summed E-state index contributed by atoms with van der Waals surface area (Å²) in [4.78, 5) is 15.2. The zero-order chi connectivity index (χ0) is 22.5. The first-order chi connectivity index (χ1) is 16.1. The van der Waals surface area contributed by atoms with Crippen LogP contribution in [-0.4, -0.2) is 64.9 Å². The van der Waals surface area contributed by atoms with Gasteiger partial charge in [0.15, 0.2) is 17.2 Å². The van der Waals surface area contributed by atoms with Gasteiger partial charge in [-0.2, -0.15) is 0 Å². The molecule has 3 aliphatic heterocycles. The molecule has 0 bridgehead atoms. The molecule has 172 valence electrons. The van der Waals surface area contributed by atoms with Crippen LogP contribution in [0.15, 0.2) is 24.5 Å². The molecule has 3 aromatic rings. The zero-order valence-electron chi connectivity index (χ0n) is 18.2. The first kappa shape index (κ1) is 20.2. The first-order valence-electron chi connectivity index (χ1n) is 11.1. The first-order valence-corrected chi connectivity index (χ1v) is 11.1. The molecule has 1 fully saturated rings. The molecule has 9 nitrogen and oxygen atoms in total. The molecule has 2 aromatic heterocycles. The maximum atomic E-state index is 14.7. The van der Waals surface area contributed by atoms with Gasteiger partial charge in [0.1, 0.15) is 17.9 Å². The molecule has 10 heteroatoms. The summed E-state index contributed by atoms with van der Waals surface area (Å²) in [6, 6.07) is 4.92. The second kappa shape index (κ2) is 7.87. The number of rotatable bonds is 2. The summed E-state index contributed by atoms with van der Waals surface area (Å²) in [5.41, 5.74) is 2.24. The highest BCUT2D eigenvalue weighted by Gasteiger charge is 2.33. The minimum atomic E-state index is -0.287. The van der Waals surface area contributed by atoms with E-state index in [1.165, 1.54) is 12.4 Å². The van der Waals surface area contributed by atoms with Crippen molar-refractivity contribution in [2.75, 3.05) is 38.8 Å². The van der Waals surface area contributed by atoms with E-state index in [4.69, 9.17) is 14.2 Å². The number of pyridine rings is 1. The Morgan fingerprint density at radius 2 is 2.00 bits per heavy atom. The number of hydrogen-bond donors (Lipinski definition) is 1. The number of amides is 1. The summed E-state index contributed by atoms with van der Waals surface area (Å²) in [5.74, 6) is 1.23. The van der Waals surface area contributed by atoms with Crippen LogP contribution < -0.4 is 14.8 Å². The molecule has 33 heavy (non-hydrogen) atoms. The van der Waals surface area contributed by atoms with Gasteiger partial charge in [-0.3, -0.25) is 9.20 Å². The van der Waals surface area contributed by atoms with E-state index in [0.29, 0.717) is 60.5 Å². The van der Waals surface area contributed by atoms with Gasteiger partial charge < -0.3 is 24.4 Å². The number of ether oxygens (including phenoxy) is 3. The van der Waals surface area contributed by atoms with E-state index >= 15 is 0 Å². The van der Waals surface area contributed by atoms with E-state index in [0.717, 1.165) is 18.4 Å². The van der Waals surface area contributed by atoms with Gasteiger partial charge in [-0.15, -0.1) is 10.2 Å². The molecule has 1 aromatic carbocycles. The Morgan fingerprint density at radius 3 is 2.82 bits per heavy atom. The molecule has 1 unspecified atom stereocenters. The van der Waals surface area contributed by atoms with E-state index < -0.39 is 0 Å². The SMILES string of the molecule is CN(C(=O)c1cc2c(n3cnnc13)NCc1c(F)ccc3c1C(CO3)CO2)C1CCOCC1. The quantitative estimate of drug-likeness (QED) is 0.638. The molecule has 6 rings (SSSR count). The molecule has 0 spiro atoms. The van der Waals surface area contributed by atoms with Crippen LogP contribution in [0.25, 0.3) is 5.65 Å². The number of fused-ring (bicyclic) bond motifs is 3. The van der Waals surface area contributed by atoms with Gasteiger partial charge in [0.05, 0.1) is 24.7 Å². The zero-order valence-corrected chi connectivity index (χ0v) is 18.2. The van der Waals surface area contributed by atoms with Gasteiger partial charge in [-0.05, 0) is 25.0 Å². The highest BCUT2D eigenvalue weighted by Crippen LogP contribution is 2.41. The van der Waals surface area contributed by atoms with Crippen molar-refractivity contribution in [1.82, 2.24) is 19.5 Å². The molecule has 0 radical (unpaired) electrons. The third-order valence-electron chi connectivity index (χ3n) is 6.81. The molecule has 1 saturated heterocycles. The number of benzene rings is 1. The third kappa shape index (κ3) is 3.28. The summed E-state index contributed by atoms with van der Waals surface area (Å²) in [6.45, 7) is 2.25. The minimum absolute atomic E-state index is 0.0980. The number of anilines is 1. The van der Waals surface area contributed by atoms with Crippen molar-refractivity contribution < 1.29 is 23.4 Å². The fourth-order valence-electron chi connectivity index (χ4n) is 4.97. The van der Waals surface area contributed by atoms with E-state index in [1.807, 2.05) is 7.05 Å². The smallest absolute Gasteiger partial charge is 0.257 e. The van der Waals surface area contributed by atoms with E-state index in [-0.39, 0.29) is 30.2 Å². The summed E-state index contributed by atoms with van der Waals surface area (Å²) in [6.07, 6.45) is 3.12. The van der Waals surface area contributed by atoms with Crippen molar-refractivity contribution in [2.45, 2.75) is 31.3 Å². The van der Waals surface area contributed by atoms with Crippen molar-refractivity contribution >= 4 is 17.4 Å². The lowest BCUT2D eigenvalue weighted by Crippen LogP contribution is -2.40. The topological polar surface area (TPSA) is 90.2 Å². The Labute approximate surface area is 189 Å². The molecule has 5 heterocycles. The van der Waals surface area contributed by atoms with Crippen molar-refractivity contribution in [3.05, 3.63) is 47.0 Å². The predicted octanol–water partition coefficient (Wildman–Crippen LogP) is 2.60. The van der Waals surface area contributed by atoms with Crippen molar-refractivity contribution in [2.24, 2.45) is 0 Å². The van der Waals surface area contributed by atoms with Crippen LogP contribution >= 0.6 is 0 Å². The number of nitrogens with zero attached hydrogens (tertiary/aromatic N) is 4. The van der Waals surface area contributed by atoms with Crippen LogP contribution in [0.2, 0.25) is 0 Å². The normalized spacial score (nSPS) is 19.9. The fraction of sp³-hybridized carbons (Fsp3) is 0.435. The summed E-state index contributed by atoms with van der Waals surface area (Å²) in [7, 11) is 1.81. The number of halogens is 1. The van der Waals surface area contributed by atoms with Crippen LogP contribution in [0.4, 0.5) is 10.2 Å². The molecular formula is C23H24FN5O4. The van der Waals surface area contributed by atoms with Gasteiger partial charge in [0.2, 0.25) is 0 Å². The molecule has 3 aliphatic rings. The Hall–Kier alpha value is -3.40. The lowest BCUT2D eigenvalue weighted by Gasteiger charge is -2.31. The number of carbonyl (C=O) groups excluding carboxylic acids is 1. The highest BCUT2D eigenvalue weighted by atomic mass is 19.1. The second-order valence-corrected chi connectivity index (χ2v) is 8.67. The molecule has 1 amide bonds. The van der Waals surface area contributed by atoms with Crippen LogP contribution in [0, 0.1) is 5.82 Å². The van der Waals surface area contributed by atoms with Crippen LogP contribution in [0.1, 0.15) is 40.2 Å². The Morgan fingerprint density at radius 1 is 1.21 bits per heavy atom. The largest absolute Gasteiger partial charge is 0.493 e. The summed E-state index contributed by atoms with van der Waals surface area (Å²) >= 11 is 0. The number of nitrogens with one attached hydrogen (secondary N) is 1. The Balaban J connectivity index is 1.40. The van der Waals surface area contributed by atoms with Gasteiger partial charge in [-0.25, -0.2) is 4.39 Å². The average Bonchev–Trinajstić information content (AvgIpc) is 3.50. The van der Waals surface area contributed by atoms with Crippen LogP contribution in [0.3, 0.4) is 0 Å². The Bertz CT molecular complexity index is 1240. The lowest BCUT2D eigenvalue weighted by molar-refractivity contribution is 0.0362. The van der Waals surface area contributed by atoms with Crippen molar-refractivity contribution in [3.63, 3.8) is 0 Å². The molecule has 1 N–H and O–H groups in total. The molecular weight excluding hydrogens is 429 g/mol. The summed E-state index contributed by atoms with van der Waals surface area (Å²) in [5, 5.41) is 11.5. The summed E-state index contributed by atoms with van der Waals surface area (Å²) < 4.78 is 33.8. The van der Waals surface area contributed by atoms with Crippen molar-refractivity contribution in [1.29, 1.82) is 0 Å². The van der Waals surface area contributed by atoms with E-state index in [1.54, 1.807) is 21.4 Å². The second-order valence-electron chi connectivity index (χ2n) is 8.67. The van der Waals surface area contributed by atoms with Gasteiger partial charge >= 0.3 is 0 Å². The van der Waals surface area contributed by atoms with Crippen LogP contribution in [-0.2, 0) is 11.3 Å². The maximum absolute atomic E-state index is 14.7. The standard InChI is InChI=1S/C23H24FN5O4/c1-28(14-4-6-31-7-5-14)23(30)15-8-19-22(29-12-26-27-21(15)29)25-9-16-17(24)2-3-18-20(16)13(10-32-18)11-33-19/h2-3,8,12-14,25H,4-7,9-11H2,1H3.